The smallest absolute Gasteiger partial charge is 0.205 e. The van der Waals surface area contributed by atoms with Crippen molar-refractivity contribution in [2.45, 2.75) is 13.3 Å². The zero-order valence-corrected chi connectivity index (χ0v) is 9.71. The first-order chi connectivity index (χ1) is 7.15. The number of hydrogen-bond donors (Lipinski definition) is 0. The van der Waals surface area contributed by atoms with E-state index in [-0.39, 0.29) is 12.2 Å². The molecule has 0 N–H and O–H groups in total. The lowest BCUT2D eigenvalue weighted by molar-refractivity contribution is 0.0959. The fourth-order valence-electron chi connectivity index (χ4n) is 1.28. The lowest BCUT2D eigenvalue weighted by Gasteiger charge is -1.93. The first-order valence-electron chi connectivity index (χ1n) is 4.49. The minimum absolute atomic E-state index is 0.0787. The average Bonchev–Trinajstić information content (AvgIpc) is 2.75. The van der Waals surface area contributed by atoms with E-state index in [1.807, 2.05) is 0 Å². The highest BCUT2D eigenvalue weighted by Gasteiger charge is 2.12. The quantitative estimate of drug-likeness (QED) is 0.802. The molecule has 3 nitrogen and oxygen atoms in total. The van der Waals surface area contributed by atoms with E-state index in [1.54, 1.807) is 31.2 Å². The first kappa shape index (κ1) is 10.2. The summed E-state index contributed by atoms with van der Waals surface area (Å²) in [6.07, 6.45) is 0.221. The van der Waals surface area contributed by atoms with Crippen molar-refractivity contribution in [2.24, 2.45) is 0 Å². The van der Waals surface area contributed by atoms with Gasteiger partial charge >= 0.3 is 0 Å². The normalized spacial score (nSPS) is 10.5. The van der Waals surface area contributed by atoms with E-state index in [2.05, 4.69) is 15.9 Å². The average molecular weight is 269 g/mol. The highest BCUT2D eigenvalue weighted by Crippen LogP contribution is 2.16. The summed E-state index contributed by atoms with van der Waals surface area (Å²) in [7, 11) is 0. The van der Waals surface area contributed by atoms with Crippen LogP contribution < -0.4 is 0 Å². The summed E-state index contributed by atoms with van der Waals surface area (Å²) in [5.41, 5.74) is 0. The lowest BCUT2D eigenvalue weighted by Crippen LogP contribution is -2.00. The fourth-order valence-corrected chi connectivity index (χ4v) is 1.62. The third-order valence-electron chi connectivity index (χ3n) is 1.98. The summed E-state index contributed by atoms with van der Waals surface area (Å²) in [6, 6.07) is 6.97. The van der Waals surface area contributed by atoms with Crippen molar-refractivity contribution in [3.05, 3.63) is 46.2 Å². The van der Waals surface area contributed by atoms with Gasteiger partial charge in [-0.15, -0.1) is 0 Å². The van der Waals surface area contributed by atoms with Crippen LogP contribution in [0.4, 0.5) is 0 Å². The molecule has 0 saturated carbocycles. The Bertz CT molecular complexity index is 481. The molecule has 78 valence electrons. The second-order valence-electron chi connectivity index (χ2n) is 3.22. The topological polar surface area (TPSA) is 43.4 Å². The van der Waals surface area contributed by atoms with Gasteiger partial charge in [0.15, 0.2) is 10.4 Å². The summed E-state index contributed by atoms with van der Waals surface area (Å²) in [6.45, 7) is 1.81. The monoisotopic (exact) mass is 268 g/mol. The Morgan fingerprint density at radius 1 is 1.27 bits per heavy atom. The number of Topliss-reactive ketones (excluding diaryl/α,β-unsaturated/α-hetero) is 1. The van der Waals surface area contributed by atoms with Crippen LogP contribution in [0.25, 0.3) is 0 Å². The summed E-state index contributed by atoms with van der Waals surface area (Å²) < 4.78 is 11.1. The Labute approximate surface area is 95.2 Å². The molecular weight excluding hydrogens is 260 g/mol. The van der Waals surface area contributed by atoms with Crippen molar-refractivity contribution in [3.63, 3.8) is 0 Å². The van der Waals surface area contributed by atoms with Gasteiger partial charge in [0.1, 0.15) is 11.5 Å². The molecular formula is C11H9BrO3. The van der Waals surface area contributed by atoms with E-state index in [4.69, 9.17) is 8.83 Å². The Morgan fingerprint density at radius 3 is 2.60 bits per heavy atom. The molecule has 0 spiro atoms. The molecule has 0 unspecified atom stereocenters. The van der Waals surface area contributed by atoms with Crippen molar-refractivity contribution < 1.29 is 13.6 Å². The van der Waals surface area contributed by atoms with Crippen LogP contribution in [-0.2, 0) is 6.42 Å². The molecule has 0 fully saturated rings. The summed E-state index contributed by atoms with van der Waals surface area (Å²) in [4.78, 5) is 11.7. The molecule has 0 amide bonds. The number of ketones is 1. The molecule has 2 rings (SSSR count). The molecule has 0 aromatic carbocycles. The van der Waals surface area contributed by atoms with Gasteiger partial charge in [0.2, 0.25) is 5.78 Å². The predicted molar refractivity (Wildman–Crippen MR) is 57.9 cm³/mol. The molecule has 2 aromatic heterocycles. The molecule has 4 heteroatoms. The number of rotatable bonds is 3. The Morgan fingerprint density at radius 2 is 2.07 bits per heavy atom. The second kappa shape index (κ2) is 4.06. The van der Waals surface area contributed by atoms with Gasteiger partial charge in [0.05, 0.1) is 6.42 Å². The number of aryl methyl sites for hydroxylation is 1. The van der Waals surface area contributed by atoms with Gasteiger partial charge in [-0.05, 0) is 47.1 Å². The first-order valence-corrected chi connectivity index (χ1v) is 5.28. The molecule has 0 bridgehead atoms. The Kier molecular flexibility index (Phi) is 2.77. The van der Waals surface area contributed by atoms with Crippen LogP contribution in [0.15, 0.2) is 37.8 Å². The van der Waals surface area contributed by atoms with Crippen molar-refractivity contribution in [1.29, 1.82) is 0 Å². The van der Waals surface area contributed by atoms with Gasteiger partial charge < -0.3 is 8.83 Å². The summed E-state index contributed by atoms with van der Waals surface area (Å²) in [5, 5.41) is 0. The molecule has 0 atom stereocenters. The number of hydrogen-bond acceptors (Lipinski definition) is 3. The molecule has 2 aromatic rings. The van der Waals surface area contributed by atoms with Crippen LogP contribution in [0.1, 0.15) is 22.1 Å². The van der Waals surface area contributed by atoms with Gasteiger partial charge in [0.25, 0.3) is 0 Å². The zero-order valence-electron chi connectivity index (χ0n) is 8.12. The second-order valence-corrected chi connectivity index (χ2v) is 4.00. The SMILES string of the molecule is Cc1ccc(C(=O)Cc2ccc(Br)o2)o1. The van der Waals surface area contributed by atoms with Crippen molar-refractivity contribution in [3.8, 4) is 0 Å². The Balaban J connectivity index is 2.10. The molecule has 15 heavy (non-hydrogen) atoms. The number of furan rings is 2. The van der Waals surface area contributed by atoms with Crippen LogP contribution >= 0.6 is 15.9 Å². The molecule has 0 radical (unpaired) electrons. The van der Waals surface area contributed by atoms with Crippen LogP contribution in [0.2, 0.25) is 0 Å². The van der Waals surface area contributed by atoms with E-state index in [9.17, 15) is 4.79 Å². The minimum atomic E-state index is -0.0787. The van der Waals surface area contributed by atoms with Gasteiger partial charge in [-0.3, -0.25) is 4.79 Å². The zero-order chi connectivity index (χ0) is 10.8. The largest absolute Gasteiger partial charge is 0.458 e. The highest BCUT2D eigenvalue weighted by atomic mass is 79.9. The number of halogens is 1. The standard InChI is InChI=1S/C11H9BrO3/c1-7-2-4-10(14-7)9(13)6-8-3-5-11(12)15-8/h2-5H,6H2,1H3. The van der Waals surface area contributed by atoms with Gasteiger partial charge in [0, 0.05) is 0 Å². The van der Waals surface area contributed by atoms with E-state index in [0.29, 0.717) is 16.2 Å². The molecule has 0 aliphatic rings. The van der Waals surface area contributed by atoms with Gasteiger partial charge in [-0.1, -0.05) is 0 Å². The maximum atomic E-state index is 11.7. The van der Waals surface area contributed by atoms with E-state index in [1.165, 1.54) is 0 Å². The van der Waals surface area contributed by atoms with Crippen molar-refractivity contribution >= 4 is 21.7 Å². The maximum Gasteiger partial charge on any atom is 0.205 e. The highest BCUT2D eigenvalue weighted by molar-refractivity contribution is 9.10. The molecule has 0 saturated heterocycles. The number of carbonyl (C=O) groups is 1. The third kappa shape index (κ3) is 2.39. The maximum absolute atomic E-state index is 11.7. The molecule has 2 heterocycles. The van der Waals surface area contributed by atoms with Crippen molar-refractivity contribution in [2.75, 3.05) is 0 Å². The van der Waals surface area contributed by atoms with Crippen LogP contribution in [-0.4, -0.2) is 5.78 Å². The van der Waals surface area contributed by atoms with Crippen LogP contribution in [0.5, 0.6) is 0 Å². The minimum Gasteiger partial charge on any atom is -0.458 e. The van der Waals surface area contributed by atoms with Crippen LogP contribution in [0.3, 0.4) is 0 Å². The van der Waals surface area contributed by atoms with E-state index < -0.39 is 0 Å². The Hall–Kier alpha value is -1.29. The van der Waals surface area contributed by atoms with E-state index >= 15 is 0 Å². The number of carbonyl (C=O) groups excluding carboxylic acids is 1. The van der Waals surface area contributed by atoms with Gasteiger partial charge in [-0.2, -0.15) is 0 Å². The summed E-state index contributed by atoms with van der Waals surface area (Å²) in [5.74, 6) is 1.66. The third-order valence-corrected chi connectivity index (χ3v) is 2.41. The fraction of sp³-hybridized carbons (Fsp3) is 0.182. The summed E-state index contributed by atoms with van der Waals surface area (Å²) >= 11 is 3.18. The molecule has 0 aliphatic carbocycles. The molecule has 0 aliphatic heterocycles. The van der Waals surface area contributed by atoms with E-state index in [0.717, 1.165) is 5.76 Å². The van der Waals surface area contributed by atoms with Crippen LogP contribution in [0, 0.1) is 6.92 Å². The lowest BCUT2D eigenvalue weighted by atomic mass is 10.2. The van der Waals surface area contributed by atoms with Gasteiger partial charge in [-0.25, -0.2) is 0 Å². The predicted octanol–water partition coefficient (Wildman–Crippen LogP) is 3.37. The van der Waals surface area contributed by atoms with Crippen molar-refractivity contribution in [1.82, 2.24) is 0 Å².